The summed E-state index contributed by atoms with van der Waals surface area (Å²) in [6.07, 6.45) is 0.830. The zero-order valence-corrected chi connectivity index (χ0v) is 18.0. The molecule has 0 atom stereocenters. The second kappa shape index (κ2) is 9.20. The zero-order valence-electron chi connectivity index (χ0n) is 14.8. The van der Waals surface area contributed by atoms with E-state index in [9.17, 15) is 4.79 Å². The van der Waals surface area contributed by atoms with Crippen LogP contribution in [-0.2, 0) is 6.42 Å². The number of aryl methyl sites for hydroxylation is 1. The average Bonchev–Trinajstić information content (AvgIpc) is 2.66. The summed E-state index contributed by atoms with van der Waals surface area (Å²) < 4.78 is 7.45. The predicted octanol–water partition coefficient (Wildman–Crippen LogP) is 6.39. The van der Waals surface area contributed by atoms with E-state index in [2.05, 4.69) is 49.3 Å². The van der Waals surface area contributed by atoms with Gasteiger partial charge < -0.3 is 10.1 Å². The van der Waals surface area contributed by atoms with E-state index in [1.54, 1.807) is 12.1 Å². The van der Waals surface area contributed by atoms with Crippen molar-refractivity contribution in [1.82, 2.24) is 0 Å². The van der Waals surface area contributed by atoms with Crippen LogP contribution in [0.1, 0.15) is 21.5 Å². The number of hydrogen-bond acceptors (Lipinski definition) is 2. The van der Waals surface area contributed by atoms with E-state index in [0.717, 1.165) is 32.4 Å². The predicted molar refractivity (Wildman–Crippen MR) is 117 cm³/mol. The molecule has 3 aromatic rings. The van der Waals surface area contributed by atoms with Crippen LogP contribution in [0.4, 0.5) is 5.69 Å². The summed E-state index contributed by atoms with van der Waals surface area (Å²) in [5.41, 5.74) is 3.66. The van der Waals surface area contributed by atoms with Gasteiger partial charge in [-0.25, -0.2) is 0 Å². The van der Waals surface area contributed by atoms with Gasteiger partial charge in [0.25, 0.3) is 5.91 Å². The number of nitrogens with one attached hydrogen (secondary N) is 1. The molecule has 0 saturated heterocycles. The minimum absolute atomic E-state index is 0.170. The fraction of sp³-hybridized carbons (Fsp3) is 0.136. The minimum atomic E-state index is -0.170. The topological polar surface area (TPSA) is 38.3 Å². The Morgan fingerprint density at radius 3 is 2.44 bits per heavy atom. The molecule has 0 saturated carbocycles. The normalized spacial score (nSPS) is 10.5. The number of anilines is 1. The molecule has 138 valence electrons. The standard InChI is InChI=1S/C22H19Br2NO2/c1-15-7-9-20(18(23)13-15)25-22(26)17-8-10-21(19(24)14-17)27-12-11-16-5-3-2-4-6-16/h2-10,13-14H,11-12H2,1H3,(H,25,26). The number of carbonyl (C=O) groups is 1. The third kappa shape index (κ3) is 5.44. The van der Waals surface area contributed by atoms with Gasteiger partial charge in [0, 0.05) is 16.5 Å². The van der Waals surface area contributed by atoms with E-state index in [0.29, 0.717) is 12.2 Å². The number of benzene rings is 3. The maximum absolute atomic E-state index is 12.5. The van der Waals surface area contributed by atoms with Gasteiger partial charge in [-0.2, -0.15) is 0 Å². The quantitative estimate of drug-likeness (QED) is 0.436. The summed E-state index contributed by atoms with van der Waals surface area (Å²) in [6, 6.07) is 21.4. The van der Waals surface area contributed by atoms with E-state index in [-0.39, 0.29) is 5.91 Å². The van der Waals surface area contributed by atoms with Gasteiger partial charge in [0.15, 0.2) is 0 Å². The fourth-order valence-electron chi connectivity index (χ4n) is 2.60. The number of amides is 1. The Hall–Kier alpha value is -2.11. The molecule has 27 heavy (non-hydrogen) atoms. The Balaban J connectivity index is 1.62. The monoisotopic (exact) mass is 487 g/mol. The van der Waals surface area contributed by atoms with Gasteiger partial charge in [0.1, 0.15) is 5.75 Å². The van der Waals surface area contributed by atoms with Crippen molar-refractivity contribution in [2.75, 3.05) is 11.9 Å². The third-order valence-electron chi connectivity index (χ3n) is 4.06. The molecule has 0 spiro atoms. The molecule has 5 heteroatoms. The van der Waals surface area contributed by atoms with Crippen molar-refractivity contribution in [3.8, 4) is 5.75 Å². The molecular formula is C22H19Br2NO2. The van der Waals surface area contributed by atoms with Gasteiger partial charge >= 0.3 is 0 Å². The van der Waals surface area contributed by atoms with E-state index in [1.165, 1.54) is 5.56 Å². The maximum Gasteiger partial charge on any atom is 0.255 e. The largest absolute Gasteiger partial charge is 0.492 e. The second-order valence-corrected chi connectivity index (χ2v) is 7.88. The van der Waals surface area contributed by atoms with Crippen molar-refractivity contribution in [1.29, 1.82) is 0 Å². The molecule has 0 radical (unpaired) electrons. The van der Waals surface area contributed by atoms with Crippen LogP contribution in [0.5, 0.6) is 5.75 Å². The van der Waals surface area contributed by atoms with Gasteiger partial charge in [0.2, 0.25) is 0 Å². The Kier molecular flexibility index (Phi) is 6.69. The molecule has 1 amide bonds. The zero-order chi connectivity index (χ0) is 19.2. The van der Waals surface area contributed by atoms with Crippen LogP contribution in [0.3, 0.4) is 0 Å². The van der Waals surface area contributed by atoms with Crippen molar-refractivity contribution in [3.05, 3.63) is 92.4 Å². The fourth-order valence-corrected chi connectivity index (χ4v) is 3.68. The van der Waals surface area contributed by atoms with Crippen molar-refractivity contribution in [2.45, 2.75) is 13.3 Å². The first kappa shape index (κ1) is 19.6. The van der Waals surface area contributed by atoms with Crippen molar-refractivity contribution in [3.63, 3.8) is 0 Å². The van der Waals surface area contributed by atoms with Crippen molar-refractivity contribution < 1.29 is 9.53 Å². The molecule has 0 aromatic heterocycles. The molecule has 0 heterocycles. The molecule has 0 unspecified atom stereocenters. The van der Waals surface area contributed by atoms with Gasteiger partial charge in [0.05, 0.1) is 16.8 Å². The first-order chi connectivity index (χ1) is 13.0. The maximum atomic E-state index is 12.5. The number of rotatable bonds is 6. The number of carbonyl (C=O) groups excluding carboxylic acids is 1. The van der Waals surface area contributed by atoms with Gasteiger partial charge in [-0.05, 0) is 80.2 Å². The number of hydrogen-bond donors (Lipinski definition) is 1. The van der Waals surface area contributed by atoms with Crippen LogP contribution in [0.2, 0.25) is 0 Å². The highest BCUT2D eigenvalue weighted by Gasteiger charge is 2.11. The molecule has 1 N–H and O–H groups in total. The molecule has 3 rings (SSSR count). The SMILES string of the molecule is Cc1ccc(NC(=O)c2ccc(OCCc3ccccc3)c(Br)c2)c(Br)c1. The Labute approximate surface area is 176 Å². The van der Waals surface area contributed by atoms with Gasteiger partial charge in [-0.3, -0.25) is 4.79 Å². The highest BCUT2D eigenvalue weighted by Crippen LogP contribution is 2.28. The van der Waals surface area contributed by atoms with Crippen molar-refractivity contribution in [2.24, 2.45) is 0 Å². The lowest BCUT2D eigenvalue weighted by Gasteiger charge is -2.11. The summed E-state index contributed by atoms with van der Waals surface area (Å²) >= 11 is 6.97. The summed E-state index contributed by atoms with van der Waals surface area (Å²) in [7, 11) is 0. The van der Waals surface area contributed by atoms with E-state index in [4.69, 9.17) is 4.74 Å². The molecule has 0 aliphatic heterocycles. The lowest BCUT2D eigenvalue weighted by atomic mass is 10.1. The van der Waals surface area contributed by atoms with Crippen LogP contribution < -0.4 is 10.1 Å². The molecule has 0 bridgehead atoms. The smallest absolute Gasteiger partial charge is 0.255 e. The van der Waals surface area contributed by atoms with E-state index < -0.39 is 0 Å². The first-order valence-corrected chi connectivity index (χ1v) is 10.2. The summed E-state index contributed by atoms with van der Waals surface area (Å²) in [5, 5.41) is 2.92. The van der Waals surface area contributed by atoms with Crippen molar-refractivity contribution >= 4 is 43.5 Å². The Bertz CT molecular complexity index is 942. The molecule has 3 nitrogen and oxygen atoms in total. The minimum Gasteiger partial charge on any atom is -0.492 e. The summed E-state index contributed by atoms with van der Waals surface area (Å²) in [5.74, 6) is 0.551. The molecule has 0 fully saturated rings. The average molecular weight is 489 g/mol. The Morgan fingerprint density at radius 1 is 0.963 bits per heavy atom. The first-order valence-electron chi connectivity index (χ1n) is 8.57. The molecular weight excluding hydrogens is 470 g/mol. The highest BCUT2D eigenvalue weighted by molar-refractivity contribution is 9.11. The van der Waals surface area contributed by atoms with Gasteiger partial charge in [-0.15, -0.1) is 0 Å². The second-order valence-electron chi connectivity index (χ2n) is 6.17. The van der Waals surface area contributed by atoms with E-state index in [1.807, 2.05) is 49.4 Å². The van der Waals surface area contributed by atoms with Gasteiger partial charge in [-0.1, -0.05) is 36.4 Å². The molecule has 3 aromatic carbocycles. The van der Waals surface area contributed by atoms with Crippen LogP contribution in [0, 0.1) is 6.92 Å². The van der Waals surface area contributed by atoms with Crippen LogP contribution in [-0.4, -0.2) is 12.5 Å². The Morgan fingerprint density at radius 2 is 1.74 bits per heavy atom. The van der Waals surface area contributed by atoms with Crippen LogP contribution in [0.15, 0.2) is 75.7 Å². The number of halogens is 2. The highest BCUT2D eigenvalue weighted by atomic mass is 79.9. The molecule has 0 aliphatic rings. The summed E-state index contributed by atoms with van der Waals surface area (Å²) in [4.78, 5) is 12.5. The molecule has 0 aliphatic carbocycles. The lowest BCUT2D eigenvalue weighted by molar-refractivity contribution is 0.102. The van der Waals surface area contributed by atoms with E-state index >= 15 is 0 Å². The van der Waals surface area contributed by atoms with Crippen LogP contribution >= 0.6 is 31.9 Å². The summed E-state index contributed by atoms with van der Waals surface area (Å²) in [6.45, 7) is 2.58. The third-order valence-corrected chi connectivity index (χ3v) is 5.33. The lowest BCUT2D eigenvalue weighted by Crippen LogP contribution is -2.12. The van der Waals surface area contributed by atoms with Crippen LogP contribution in [0.25, 0.3) is 0 Å². The number of ether oxygens (including phenoxy) is 1.